The number of allylic oxidation sites excluding steroid dienone is 1. The van der Waals surface area contributed by atoms with E-state index in [2.05, 4.69) is 175 Å². The van der Waals surface area contributed by atoms with Gasteiger partial charge in [-0.25, -0.2) is 9.97 Å². The van der Waals surface area contributed by atoms with Crippen molar-refractivity contribution in [3.63, 3.8) is 0 Å². The molecule has 0 N–H and O–H groups in total. The zero-order valence-electron chi connectivity index (χ0n) is 29.7. The Kier molecular flexibility index (Phi) is 7.96. The summed E-state index contributed by atoms with van der Waals surface area (Å²) in [5.74, 6) is 0.694. The van der Waals surface area contributed by atoms with Gasteiger partial charge in [-0.1, -0.05) is 152 Å². The van der Waals surface area contributed by atoms with Crippen molar-refractivity contribution in [1.29, 1.82) is 0 Å². The first-order chi connectivity index (χ1) is 26.7. The summed E-state index contributed by atoms with van der Waals surface area (Å²) in [5, 5.41) is 4.89. The smallest absolute Gasteiger partial charge is 0.160 e. The van der Waals surface area contributed by atoms with Crippen LogP contribution in [-0.4, -0.2) is 15.0 Å². The average molecular weight is 690 g/mol. The van der Waals surface area contributed by atoms with Gasteiger partial charge in [0.15, 0.2) is 5.82 Å². The highest BCUT2D eigenvalue weighted by Crippen LogP contribution is 2.38. The Hall–Kier alpha value is -6.97. The lowest BCUT2D eigenvalue weighted by Gasteiger charge is -2.18. The predicted molar refractivity (Wildman–Crippen MR) is 225 cm³/mol. The van der Waals surface area contributed by atoms with Gasteiger partial charge in [0.25, 0.3) is 0 Å². The van der Waals surface area contributed by atoms with Crippen LogP contribution in [0.2, 0.25) is 0 Å². The number of rotatable bonds is 6. The van der Waals surface area contributed by atoms with Gasteiger partial charge in [-0.3, -0.25) is 4.98 Å². The van der Waals surface area contributed by atoms with Gasteiger partial charge in [0.1, 0.15) is 0 Å². The molecule has 1 aliphatic carbocycles. The van der Waals surface area contributed by atoms with Crippen LogP contribution in [0.1, 0.15) is 17.5 Å². The van der Waals surface area contributed by atoms with E-state index in [4.69, 9.17) is 9.97 Å². The zero-order chi connectivity index (χ0) is 35.8. The second-order valence-corrected chi connectivity index (χ2v) is 14.0. The molecule has 10 rings (SSSR count). The number of fused-ring (bicyclic) bond motifs is 4. The molecule has 0 fully saturated rings. The third-order valence-electron chi connectivity index (χ3n) is 10.6. The number of hydrogen-bond donors (Lipinski definition) is 0. The molecule has 0 bridgehead atoms. The first-order valence-corrected chi connectivity index (χ1v) is 18.6. The number of benzene rings is 7. The van der Waals surface area contributed by atoms with Crippen molar-refractivity contribution in [3.8, 4) is 67.3 Å². The highest BCUT2D eigenvalue weighted by molar-refractivity contribution is 6.03. The van der Waals surface area contributed by atoms with Crippen molar-refractivity contribution in [2.75, 3.05) is 0 Å². The summed E-state index contributed by atoms with van der Waals surface area (Å²) < 4.78 is 0. The van der Waals surface area contributed by atoms with Crippen molar-refractivity contribution in [1.82, 2.24) is 15.0 Å². The molecular weight excluding hydrogens is 655 g/mol. The first-order valence-electron chi connectivity index (χ1n) is 18.6. The van der Waals surface area contributed by atoms with E-state index in [-0.39, 0.29) is 0 Å². The fourth-order valence-electron chi connectivity index (χ4n) is 7.89. The van der Waals surface area contributed by atoms with Gasteiger partial charge in [0.2, 0.25) is 0 Å². The molecule has 54 heavy (non-hydrogen) atoms. The maximum Gasteiger partial charge on any atom is 0.160 e. The second kappa shape index (κ2) is 13.5. The number of pyridine rings is 1. The Morgan fingerprint density at radius 1 is 0.407 bits per heavy atom. The van der Waals surface area contributed by atoms with Gasteiger partial charge >= 0.3 is 0 Å². The number of hydrogen-bond acceptors (Lipinski definition) is 3. The maximum absolute atomic E-state index is 5.27. The summed E-state index contributed by atoms with van der Waals surface area (Å²) in [6, 6.07) is 58.3. The molecule has 0 saturated heterocycles. The normalized spacial score (nSPS) is 12.2. The molecule has 3 heteroatoms. The molecule has 0 aliphatic heterocycles. The van der Waals surface area contributed by atoms with Crippen LogP contribution in [0.25, 0.3) is 94.9 Å². The zero-order valence-corrected chi connectivity index (χ0v) is 29.7. The van der Waals surface area contributed by atoms with Gasteiger partial charge in [-0.05, 0) is 92.2 Å². The molecule has 7 aromatic carbocycles. The molecule has 3 nitrogen and oxygen atoms in total. The Morgan fingerprint density at radius 2 is 1.06 bits per heavy atom. The molecule has 9 aromatic rings. The van der Waals surface area contributed by atoms with Crippen LogP contribution in [0.15, 0.2) is 182 Å². The van der Waals surface area contributed by atoms with E-state index in [9.17, 15) is 0 Å². The van der Waals surface area contributed by atoms with E-state index in [1.54, 1.807) is 0 Å². The summed E-state index contributed by atoms with van der Waals surface area (Å²) in [6.45, 7) is 0. The average Bonchev–Trinajstić information content (AvgIpc) is 3.26. The van der Waals surface area contributed by atoms with Gasteiger partial charge in [-0.15, -0.1) is 0 Å². The lowest BCUT2D eigenvalue weighted by atomic mass is 9.87. The first kappa shape index (κ1) is 31.7. The number of nitrogens with zero attached hydrogens (tertiary/aromatic N) is 3. The minimum Gasteiger partial charge on any atom is -0.263 e. The van der Waals surface area contributed by atoms with Crippen molar-refractivity contribution in [2.45, 2.75) is 12.8 Å². The molecular formula is C51H35N3. The standard InChI is InChI=1S/C51H35N3/c1-2-12-34(13-3-1)37-16-10-19-41(28-37)51-53-49(36-26-24-35(25-27-36)48-33-52-32-42-15-5-7-21-44(42)48)31-50(54-51)40-18-11-17-38(29-40)47-30-39-14-4-6-20-43(39)45-22-8-9-23-46(45)47/h1-3,5-13,15-33H,4,14H2. The molecule has 254 valence electrons. The quantitative estimate of drug-likeness (QED) is 0.174. The monoisotopic (exact) mass is 689 g/mol. The van der Waals surface area contributed by atoms with Crippen LogP contribution >= 0.6 is 0 Å². The van der Waals surface area contributed by atoms with E-state index in [1.165, 1.54) is 38.4 Å². The molecule has 0 spiro atoms. The molecule has 2 heterocycles. The van der Waals surface area contributed by atoms with Crippen LogP contribution in [0.5, 0.6) is 0 Å². The summed E-state index contributed by atoms with van der Waals surface area (Å²) in [6.07, 6.45) is 10.6. The Labute approximate surface area is 315 Å². The molecule has 2 aromatic heterocycles. The maximum atomic E-state index is 5.27. The minimum absolute atomic E-state index is 0.694. The van der Waals surface area contributed by atoms with Crippen molar-refractivity contribution >= 4 is 27.6 Å². The fourth-order valence-corrected chi connectivity index (χ4v) is 7.89. The topological polar surface area (TPSA) is 38.7 Å². The highest BCUT2D eigenvalue weighted by atomic mass is 14.9. The second-order valence-electron chi connectivity index (χ2n) is 14.0. The fraction of sp³-hybridized carbons (Fsp3) is 0.0392. The largest absolute Gasteiger partial charge is 0.263 e. The number of aromatic nitrogens is 3. The van der Waals surface area contributed by atoms with Crippen LogP contribution in [0.3, 0.4) is 0 Å². The van der Waals surface area contributed by atoms with E-state index >= 15 is 0 Å². The Morgan fingerprint density at radius 3 is 1.91 bits per heavy atom. The van der Waals surface area contributed by atoms with Crippen LogP contribution < -0.4 is 0 Å². The van der Waals surface area contributed by atoms with Gasteiger partial charge in [0.05, 0.1) is 11.4 Å². The van der Waals surface area contributed by atoms with E-state index in [1.807, 2.05) is 18.5 Å². The molecule has 0 unspecified atom stereocenters. The Balaban J connectivity index is 1.11. The Bertz CT molecular complexity index is 2870. The minimum atomic E-state index is 0.694. The van der Waals surface area contributed by atoms with Gasteiger partial charge in [0, 0.05) is 40.0 Å². The van der Waals surface area contributed by atoms with Crippen LogP contribution in [-0.2, 0) is 6.42 Å². The van der Waals surface area contributed by atoms with Crippen molar-refractivity contribution in [3.05, 3.63) is 193 Å². The van der Waals surface area contributed by atoms with Crippen LogP contribution in [0.4, 0.5) is 0 Å². The number of aryl methyl sites for hydroxylation is 1. The third kappa shape index (κ3) is 5.86. The highest BCUT2D eigenvalue weighted by Gasteiger charge is 2.16. The summed E-state index contributed by atoms with van der Waals surface area (Å²) in [4.78, 5) is 15.0. The molecule has 0 atom stereocenters. The van der Waals surface area contributed by atoms with Crippen LogP contribution in [0, 0.1) is 0 Å². The lowest BCUT2D eigenvalue weighted by Crippen LogP contribution is -1.98. The lowest BCUT2D eigenvalue weighted by molar-refractivity contribution is 0.990. The third-order valence-corrected chi connectivity index (χ3v) is 10.6. The summed E-state index contributed by atoms with van der Waals surface area (Å²) in [7, 11) is 0. The molecule has 0 amide bonds. The van der Waals surface area contributed by atoms with E-state index in [0.29, 0.717) is 5.82 Å². The summed E-state index contributed by atoms with van der Waals surface area (Å²) in [5.41, 5.74) is 14.5. The summed E-state index contributed by atoms with van der Waals surface area (Å²) >= 11 is 0. The molecule has 1 aliphatic rings. The van der Waals surface area contributed by atoms with Gasteiger partial charge < -0.3 is 0 Å². The van der Waals surface area contributed by atoms with Crippen molar-refractivity contribution < 1.29 is 0 Å². The SMILES string of the molecule is C1=Cc2c(cc(-c3cccc(-c4cc(-c5ccc(-c6cncc7ccccc67)cc5)nc(-c5cccc(-c6ccccc6)c5)n4)c3)c3ccccc23)CC1. The predicted octanol–water partition coefficient (Wildman–Crippen LogP) is 13.1. The molecule has 0 radical (unpaired) electrons. The molecule has 0 saturated carbocycles. The van der Waals surface area contributed by atoms with Crippen molar-refractivity contribution in [2.24, 2.45) is 0 Å². The van der Waals surface area contributed by atoms with Gasteiger partial charge in [-0.2, -0.15) is 0 Å². The van der Waals surface area contributed by atoms with E-state index in [0.717, 1.165) is 68.6 Å². The van der Waals surface area contributed by atoms with E-state index < -0.39 is 0 Å².